The van der Waals surface area contributed by atoms with Gasteiger partial charge < -0.3 is 114 Å². The van der Waals surface area contributed by atoms with Crippen LogP contribution in [0.4, 0.5) is 4.39 Å². The molecule has 0 unspecified atom stereocenters. The number of aliphatic hydroxyl groups is 1. The number of piperidine rings is 1. The third-order valence-electron chi connectivity index (χ3n) is 25.3. The highest BCUT2D eigenvalue weighted by Crippen LogP contribution is 2.32. The van der Waals surface area contributed by atoms with E-state index < -0.39 is 275 Å². The summed E-state index contributed by atoms with van der Waals surface area (Å²) in [6.45, 7) is 7.58. The molecule has 20 N–H and O–H groups in total. The van der Waals surface area contributed by atoms with Crippen LogP contribution in [-0.4, -0.2) is 319 Å². The number of benzene rings is 3. The van der Waals surface area contributed by atoms with Crippen LogP contribution in [0.5, 0.6) is 0 Å². The first kappa shape index (κ1) is 110. The molecule has 0 radical (unpaired) electrons. The van der Waals surface area contributed by atoms with E-state index in [4.69, 9.17) is 17.2 Å². The maximum absolute atomic E-state index is 16.1. The van der Waals surface area contributed by atoms with E-state index in [0.29, 0.717) is 65.0 Å². The molecule has 0 bridgehead atoms. The summed E-state index contributed by atoms with van der Waals surface area (Å²) in [5.74, 6) is -20.4. The van der Waals surface area contributed by atoms with Gasteiger partial charge in [0.2, 0.25) is 98.6 Å². The molecule has 15 atom stereocenters. The number of likely N-dealkylation sites (N-methyl/N-ethyl adjacent to an activating group) is 2. The number of hydrogen-bond donors (Lipinski definition) is 17. The summed E-state index contributed by atoms with van der Waals surface area (Å²) in [6, 6.07) is -4.45. The smallest absolute Gasteiger partial charge is 0.305 e. The molecule has 3 aromatic carbocycles. The Morgan fingerprint density at radius 2 is 1.09 bits per heavy atom. The number of carboxylic acids is 2. The van der Waals surface area contributed by atoms with Crippen molar-refractivity contribution in [2.24, 2.45) is 23.1 Å². The van der Waals surface area contributed by atoms with Crippen LogP contribution in [0.15, 0.2) is 85.2 Å². The van der Waals surface area contributed by atoms with Gasteiger partial charge in [0.1, 0.15) is 96.9 Å². The van der Waals surface area contributed by atoms with Crippen molar-refractivity contribution < 1.29 is 114 Å². The van der Waals surface area contributed by atoms with E-state index in [2.05, 4.69) is 52.8 Å². The van der Waals surface area contributed by atoms with Gasteiger partial charge in [0.25, 0.3) is 5.91 Å². The van der Waals surface area contributed by atoms with Gasteiger partial charge in [-0.2, -0.15) is 0 Å². The van der Waals surface area contributed by atoms with Crippen LogP contribution in [-0.2, 0) is 122 Å². The number of aromatic amines is 1. The van der Waals surface area contributed by atoms with Gasteiger partial charge in [-0.05, 0) is 131 Å². The molecule has 4 saturated heterocycles. The number of aliphatic hydroxyl groups excluding tert-OH is 1. The molecule has 43 nitrogen and oxygen atoms in total. The average molecular weight is 1980 g/mol. The minimum absolute atomic E-state index is 0.0145. The number of carboxylic acid groups (broad SMARTS) is 2. The standard InChI is InChI=1S/C93H131FN20O23S2/c1-10-12-24-69-84(127)102-62(39-51(3)4)82(125)107-78(79(97)122)93(5,6)138-50-75(117)99-64(40-52-29-31-55(94)32-30-52)90(133)112-37-19-18-27-70(112)85(128)105-66(44-77(120)121)91(134)113-38-20-28-71(113)86(129)106-67(45-96)83(126)101-61(33-34-76(118)119)89(132)114-48-56(115)43-73(114)87(130)103-63(41-53-46-98-59-23-16-14-21-57(53)59)81(124)100-60(35-36-95)80(123)104-65(88(131)110(8)72(25-13-11-2)92(135)109(69)7)42-54-47-111(49-74(116)108-139(9,136)137)68-26-17-15-22-58(54)68/h14-17,21-23,26,29-32,46-47,51,56,60-67,69-73,78,98,115H,10-13,18-20,24-25,27-28,33-45,48-50,95-96H2,1-9H3,(H2,97,122)(H,99,117)(H,100,124)(H,101,126)(H,102,127)(H,103,130)(H,104,123)(H,105,128)(H,106,129)(H,107,125)(H,108,116)(H,118,119)(H,120,121)/t56-,60+,61+,62+,63+,64+,65+,66+,67+,69+,70+,71+,72+,73+,78-/m1/s1. The summed E-state index contributed by atoms with van der Waals surface area (Å²) in [7, 11) is -1.43. The van der Waals surface area contributed by atoms with Gasteiger partial charge in [-0.3, -0.25) is 91.0 Å². The van der Waals surface area contributed by atoms with Crippen molar-refractivity contribution in [2.45, 2.75) is 272 Å². The molecule has 9 rings (SSSR count). The number of nitrogens with zero attached hydrogens (tertiary/aromatic N) is 6. The van der Waals surface area contributed by atoms with Gasteiger partial charge in [0.05, 0.1) is 24.5 Å². The Kier molecular flexibility index (Phi) is 39.7. The molecular formula is C93H131FN20O23S2. The summed E-state index contributed by atoms with van der Waals surface area (Å²) >= 11 is 0.822. The molecule has 5 aromatic rings. The van der Waals surface area contributed by atoms with Crippen molar-refractivity contribution >= 4 is 150 Å². The number of thioether (sulfide) groups is 1. The van der Waals surface area contributed by atoms with Gasteiger partial charge in [0.15, 0.2) is 0 Å². The molecular weight excluding hydrogens is 1850 g/mol. The highest BCUT2D eigenvalue weighted by molar-refractivity contribution is 8.01. The number of nitrogens with two attached hydrogens (primary N) is 3. The monoisotopic (exact) mass is 1980 g/mol. The van der Waals surface area contributed by atoms with Crippen LogP contribution in [0.2, 0.25) is 0 Å². The van der Waals surface area contributed by atoms with Crippen molar-refractivity contribution in [3.8, 4) is 0 Å². The first-order valence-corrected chi connectivity index (χ1v) is 49.6. The van der Waals surface area contributed by atoms with Gasteiger partial charge >= 0.3 is 11.9 Å². The summed E-state index contributed by atoms with van der Waals surface area (Å²) < 4.78 is 41.0. The maximum atomic E-state index is 16.1. The van der Waals surface area contributed by atoms with Crippen molar-refractivity contribution in [2.75, 3.05) is 58.8 Å². The van der Waals surface area contributed by atoms with Crippen LogP contribution in [0.25, 0.3) is 21.8 Å². The van der Waals surface area contributed by atoms with E-state index in [1.165, 1.54) is 50.8 Å². The lowest BCUT2D eigenvalue weighted by atomic mass is 9.97. The van der Waals surface area contributed by atoms with E-state index in [-0.39, 0.29) is 95.3 Å². The number of nitrogens with one attached hydrogen (secondary N) is 11. The van der Waals surface area contributed by atoms with E-state index in [1.54, 1.807) is 68.6 Å². The number of H-pyrrole nitrogens is 1. The summed E-state index contributed by atoms with van der Waals surface area (Å²) in [5, 5.41) is 56.5. The number of halogens is 1. The maximum Gasteiger partial charge on any atom is 0.305 e. The van der Waals surface area contributed by atoms with Crippen LogP contribution in [0.1, 0.15) is 167 Å². The Morgan fingerprint density at radius 1 is 0.561 bits per heavy atom. The lowest BCUT2D eigenvalue weighted by Crippen LogP contribution is -2.62. The zero-order valence-corrected chi connectivity index (χ0v) is 81.2. The van der Waals surface area contributed by atoms with E-state index in [0.717, 1.165) is 54.6 Å². The Hall–Kier alpha value is -12.7. The van der Waals surface area contributed by atoms with Crippen molar-refractivity contribution in [3.63, 3.8) is 0 Å². The lowest BCUT2D eigenvalue weighted by molar-refractivity contribution is -0.149. The minimum atomic E-state index is -4.08. The fourth-order valence-electron chi connectivity index (χ4n) is 18.0. The Balaban J connectivity index is 1.12. The number of fused-ring (bicyclic) bond motifs is 5. The largest absolute Gasteiger partial charge is 0.481 e. The first-order chi connectivity index (χ1) is 65.8. The summed E-state index contributed by atoms with van der Waals surface area (Å²) in [5.41, 5.74) is 20.5. The SMILES string of the molecule is CCCC[C@H]1C(=O)N(C)[C@@H](CCCC)C(=O)N[C@@H](CC(C)C)C(=O)N[C@H](C(N)=O)C(C)(C)SCC(=O)N[C@@H](Cc2ccc(F)cc2)C(=O)N2CCCC[C@H]2C(=O)N[C@@H](CC(=O)O)C(=O)N2CCC[C@H]2C(=O)N[C@@H](CN)C(=O)N[C@@H](CCC(=O)O)C(=O)N2C[C@H](O)C[C@H]2C(=O)N[C@@H](Cc2c[nH]c3ccccc23)C(=O)N[C@@H](CCN)C(=O)N[C@@H](Cc2cn(CC(=O)NS(C)(=O)=O)c3ccccc23)C(=O)N1C. The molecule has 139 heavy (non-hydrogen) atoms. The third-order valence-corrected chi connectivity index (χ3v) is 27.3. The number of rotatable bonds is 26. The normalized spacial score (nSPS) is 25.4. The van der Waals surface area contributed by atoms with Gasteiger partial charge in [-0.1, -0.05) is 102 Å². The zero-order valence-electron chi connectivity index (χ0n) is 79.5. The predicted octanol–water partition coefficient (Wildman–Crippen LogP) is -1.20. The summed E-state index contributed by atoms with van der Waals surface area (Å²) in [6.07, 6.45) is -0.273. The van der Waals surface area contributed by atoms with Crippen molar-refractivity contribution in [3.05, 3.63) is 108 Å². The molecule has 4 fully saturated rings. The Bertz CT molecular complexity index is 5450. The molecule has 0 aliphatic carbocycles. The number of aliphatic carboxylic acids is 2. The molecule has 46 heteroatoms. The van der Waals surface area contributed by atoms with E-state index in [1.807, 2.05) is 18.6 Å². The molecule has 760 valence electrons. The Labute approximate surface area is 808 Å². The molecule has 16 amide bonds. The molecule has 4 aliphatic heterocycles. The second kappa shape index (κ2) is 50.2. The van der Waals surface area contributed by atoms with Gasteiger partial charge in [0, 0.05) is 111 Å². The quantitative estimate of drug-likeness (QED) is 0.0309. The third kappa shape index (κ3) is 29.9. The zero-order chi connectivity index (χ0) is 102. The number of primary amides is 1. The number of hydrogen-bond acceptors (Lipinski definition) is 24. The fraction of sp³-hybridized carbons (Fsp3) is 0.570. The number of carbonyl (C=O) groups is 18. The number of unbranched alkanes of at least 4 members (excludes halogenated alkanes) is 2. The van der Waals surface area contributed by atoms with E-state index in [9.17, 15) is 76.1 Å². The fourth-order valence-corrected chi connectivity index (χ4v) is 19.4. The number of aromatic nitrogens is 2. The second-order valence-corrected chi connectivity index (χ2v) is 40.2. The number of carbonyl (C=O) groups excluding carboxylic acids is 16. The van der Waals surface area contributed by atoms with Crippen LogP contribution < -0.4 is 69.8 Å². The minimum Gasteiger partial charge on any atom is -0.481 e. The molecule has 4 aliphatic rings. The van der Waals surface area contributed by atoms with Crippen LogP contribution in [0.3, 0.4) is 0 Å². The van der Waals surface area contributed by atoms with Crippen LogP contribution >= 0.6 is 11.8 Å². The number of sulfonamides is 1. The van der Waals surface area contributed by atoms with Gasteiger partial charge in [-0.15, -0.1) is 11.8 Å². The molecule has 0 spiro atoms. The van der Waals surface area contributed by atoms with Crippen molar-refractivity contribution in [1.29, 1.82) is 0 Å². The molecule has 2 aromatic heterocycles. The van der Waals surface area contributed by atoms with Crippen LogP contribution in [0, 0.1) is 11.7 Å². The second-order valence-electron chi connectivity index (χ2n) is 36.8. The molecule has 0 saturated carbocycles. The Morgan fingerprint density at radius 3 is 1.72 bits per heavy atom. The molecule has 6 heterocycles. The van der Waals surface area contributed by atoms with E-state index >= 15 is 38.4 Å². The number of amides is 16. The summed E-state index contributed by atoms with van der Waals surface area (Å²) in [4.78, 5) is 273. The number of para-hydroxylation sites is 2. The highest BCUT2D eigenvalue weighted by atomic mass is 32.2. The highest BCUT2D eigenvalue weighted by Gasteiger charge is 2.48. The average Bonchev–Trinajstić information content (AvgIpc) is 1.69. The topological polar surface area (TPSA) is 637 Å². The first-order valence-electron chi connectivity index (χ1n) is 46.8. The van der Waals surface area contributed by atoms with Gasteiger partial charge in [-0.25, -0.2) is 12.8 Å². The van der Waals surface area contributed by atoms with Crippen molar-refractivity contribution in [1.82, 2.24) is 86.6 Å². The predicted molar refractivity (Wildman–Crippen MR) is 508 cm³/mol. The lowest BCUT2D eigenvalue weighted by Gasteiger charge is -2.38.